The van der Waals surface area contributed by atoms with Crippen molar-refractivity contribution in [3.8, 4) is 11.5 Å². The molecule has 5 nitrogen and oxygen atoms in total. The largest absolute Gasteiger partial charge is 0.490 e. The zero-order valence-electron chi connectivity index (χ0n) is 12.7. The molecule has 0 aromatic heterocycles. The number of hydrogen-bond donors (Lipinski definition) is 1. The van der Waals surface area contributed by atoms with E-state index in [-0.39, 0.29) is 24.1 Å². The second-order valence-electron chi connectivity index (χ2n) is 5.14. The molecule has 0 spiro atoms. The van der Waals surface area contributed by atoms with Crippen LogP contribution in [0, 0.1) is 0 Å². The summed E-state index contributed by atoms with van der Waals surface area (Å²) in [6.07, 6.45) is -0.584. The van der Waals surface area contributed by atoms with E-state index in [1.807, 2.05) is 11.9 Å². The molecule has 1 aliphatic rings. The predicted octanol–water partition coefficient (Wildman–Crippen LogP) is 1.88. The van der Waals surface area contributed by atoms with E-state index in [9.17, 15) is 13.9 Å². The summed E-state index contributed by atoms with van der Waals surface area (Å²) in [6, 6.07) is 4.86. The van der Waals surface area contributed by atoms with Gasteiger partial charge in [0.25, 0.3) is 0 Å². The summed E-state index contributed by atoms with van der Waals surface area (Å²) in [7, 11) is 1.81. The minimum atomic E-state index is -2.92. The molecule has 2 atom stereocenters. The Morgan fingerprint density at radius 1 is 1.41 bits per heavy atom. The molecule has 22 heavy (non-hydrogen) atoms. The second-order valence-corrected chi connectivity index (χ2v) is 5.14. The van der Waals surface area contributed by atoms with Crippen LogP contribution in [0.4, 0.5) is 8.78 Å². The molecule has 0 aliphatic carbocycles. The molecular weight excluding hydrogens is 296 g/mol. The van der Waals surface area contributed by atoms with Crippen LogP contribution in [0.5, 0.6) is 11.5 Å². The van der Waals surface area contributed by atoms with E-state index in [4.69, 9.17) is 9.47 Å². The van der Waals surface area contributed by atoms with Crippen molar-refractivity contribution in [1.82, 2.24) is 4.90 Å². The Labute approximate surface area is 128 Å². The highest BCUT2D eigenvalue weighted by Crippen LogP contribution is 2.34. The highest BCUT2D eigenvalue weighted by atomic mass is 19.3. The summed E-state index contributed by atoms with van der Waals surface area (Å²) in [5, 5.41) is 9.85. The van der Waals surface area contributed by atoms with Crippen molar-refractivity contribution in [1.29, 1.82) is 0 Å². The third-order valence-corrected chi connectivity index (χ3v) is 3.57. The molecule has 1 aliphatic heterocycles. The van der Waals surface area contributed by atoms with Crippen LogP contribution in [0.3, 0.4) is 0 Å². The van der Waals surface area contributed by atoms with Crippen LogP contribution in [-0.4, -0.2) is 55.6 Å². The van der Waals surface area contributed by atoms with Gasteiger partial charge >= 0.3 is 6.61 Å². The number of halogens is 2. The quantitative estimate of drug-likeness (QED) is 0.832. The van der Waals surface area contributed by atoms with Crippen LogP contribution >= 0.6 is 0 Å². The molecule has 2 rings (SSSR count). The summed E-state index contributed by atoms with van der Waals surface area (Å²) >= 11 is 0. The molecule has 0 saturated carbocycles. The Morgan fingerprint density at radius 3 is 2.77 bits per heavy atom. The minimum Gasteiger partial charge on any atom is -0.490 e. The Hall–Kier alpha value is -1.44. The molecule has 1 heterocycles. The number of likely N-dealkylation sites (N-methyl/N-ethyl adjacent to an activating group) is 1. The monoisotopic (exact) mass is 317 g/mol. The number of aliphatic hydroxyl groups excluding tert-OH is 1. The lowest BCUT2D eigenvalue weighted by Crippen LogP contribution is -2.40. The van der Waals surface area contributed by atoms with Gasteiger partial charge in [0.2, 0.25) is 0 Å². The fraction of sp³-hybridized carbons (Fsp3) is 0.600. The molecule has 0 amide bonds. The van der Waals surface area contributed by atoms with E-state index in [0.717, 1.165) is 0 Å². The molecule has 1 fully saturated rings. The van der Waals surface area contributed by atoms with Gasteiger partial charge in [-0.1, -0.05) is 12.1 Å². The van der Waals surface area contributed by atoms with Gasteiger partial charge < -0.3 is 19.3 Å². The van der Waals surface area contributed by atoms with Crippen LogP contribution in [0.25, 0.3) is 0 Å². The number of para-hydroxylation sites is 1. The lowest BCUT2D eigenvalue weighted by atomic mass is 10.1. The maximum Gasteiger partial charge on any atom is 0.387 e. The first kappa shape index (κ1) is 16.9. The average Bonchev–Trinajstić information content (AvgIpc) is 2.88. The SMILES string of the molecule is CCOc1cccc(CN(C)[C@@H]2COC[C@H]2O)c1OC(F)F. The fourth-order valence-electron chi connectivity index (χ4n) is 2.52. The van der Waals surface area contributed by atoms with Gasteiger partial charge in [0, 0.05) is 12.1 Å². The Kier molecular flexibility index (Phi) is 5.93. The van der Waals surface area contributed by atoms with Crippen molar-refractivity contribution in [3.05, 3.63) is 23.8 Å². The number of alkyl halides is 2. The van der Waals surface area contributed by atoms with E-state index < -0.39 is 12.7 Å². The number of nitrogens with zero attached hydrogens (tertiary/aromatic N) is 1. The zero-order chi connectivity index (χ0) is 16.1. The summed E-state index contributed by atoms with van der Waals surface area (Å²) in [4.78, 5) is 1.86. The number of aliphatic hydroxyl groups is 1. The molecule has 1 N–H and O–H groups in total. The molecule has 0 bridgehead atoms. The number of hydrogen-bond acceptors (Lipinski definition) is 5. The number of benzene rings is 1. The number of ether oxygens (including phenoxy) is 3. The van der Waals surface area contributed by atoms with Gasteiger partial charge in [0.05, 0.1) is 32.0 Å². The van der Waals surface area contributed by atoms with Gasteiger partial charge in [-0.05, 0) is 20.0 Å². The standard InChI is InChI=1S/C15H21F2NO4/c1-3-21-13-6-4-5-10(14(13)22-15(16)17)7-18(2)11-8-20-9-12(11)19/h4-6,11-12,15,19H,3,7-9H2,1-2H3/t11-,12-/m1/s1. The van der Waals surface area contributed by atoms with Gasteiger partial charge in [0.15, 0.2) is 11.5 Å². The van der Waals surface area contributed by atoms with Crippen molar-refractivity contribution in [2.24, 2.45) is 0 Å². The zero-order valence-corrected chi connectivity index (χ0v) is 12.7. The Morgan fingerprint density at radius 2 is 2.18 bits per heavy atom. The van der Waals surface area contributed by atoms with Crippen molar-refractivity contribution < 1.29 is 28.1 Å². The van der Waals surface area contributed by atoms with Crippen LogP contribution < -0.4 is 9.47 Å². The molecule has 0 unspecified atom stereocenters. The van der Waals surface area contributed by atoms with Crippen molar-refractivity contribution >= 4 is 0 Å². The Bertz CT molecular complexity index is 487. The molecule has 124 valence electrons. The van der Waals surface area contributed by atoms with E-state index in [2.05, 4.69) is 4.74 Å². The summed E-state index contributed by atoms with van der Waals surface area (Å²) in [5.74, 6) is 0.330. The summed E-state index contributed by atoms with van der Waals surface area (Å²) < 4.78 is 40.6. The molecule has 0 radical (unpaired) electrons. The Balaban J connectivity index is 2.19. The topological polar surface area (TPSA) is 51.2 Å². The first-order valence-corrected chi connectivity index (χ1v) is 7.18. The van der Waals surface area contributed by atoms with Crippen LogP contribution in [0.2, 0.25) is 0 Å². The van der Waals surface area contributed by atoms with E-state index in [0.29, 0.717) is 25.3 Å². The van der Waals surface area contributed by atoms with Crippen molar-refractivity contribution in [3.63, 3.8) is 0 Å². The van der Waals surface area contributed by atoms with Crippen molar-refractivity contribution in [2.45, 2.75) is 32.2 Å². The first-order chi connectivity index (χ1) is 10.5. The molecule has 1 aromatic carbocycles. The third kappa shape index (κ3) is 4.06. The van der Waals surface area contributed by atoms with Gasteiger partial charge in [-0.25, -0.2) is 0 Å². The fourth-order valence-corrected chi connectivity index (χ4v) is 2.52. The molecule has 7 heteroatoms. The smallest absolute Gasteiger partial charge is 0.387 e. The molecular formula is C15H21F2NO4. The second kappa shape index (κ2) is 7.71. The molecule has 1 aromatic rings. The summed E-state index contributed by atoms with van der Waals surface area (Å²) in [5.41, 5.74) is 0.577. The highest BCUT2D eigenvalue weighted by molar-refractivity contribution is 5.46. The van der Waals surface area contributed by atoms with E-state index >= 15 is 0 Å². The van der Waals surface area contributed by atoms with Gasteiger partial charge in [0.1, 0.15) is 0 Å². The molecule has 1 saturated heterocycles. The van der Waals surface area contributed by atoms with E-state index in [1.165, 1.54) is 0 Å². The van der Waals surface area contributed by atoms with Crippen LogP contribution in [0.1, 0.15) is 12.5 Å². The van der Waals surface area contributed by atoms with Crippen LogP contribution in [-0.2, 0) is 11.3 Å². The van der Waals surface area contributed by atoms with E-state index in [1.54, 1.807) is 25.1 Å². The van der Waals surface area contributed by atoms with Gasteiger partial charge in [-0.3, -0.25) is 4.90 Å². The minimum absolute atomic E-state index is 0.0413. The third-order valence-electron chi connectivity index (χ3n) is 3.57. The van der Waals surface area contributed by atoms with Gasteiger partial charge in [-0.15, -0.1) is 0 Å². The maximum absolute atomic E-state index is 12.7. The average molecular weight is 317 g/mol. The normalized spacial score (nSPS) is 21.6. The van der Waals surface area contributed by atoms with Gasteiger partial charge in [-0.2, -0.15) is 8.78 Å². The predicted molar refractivity (Wildman–Crippen MR) is 76.3 cm³/mol. The lowest BCUT2D eigenvalue weighted by molar-refractivity contribution is -0.0525. The number of rotatable bonds is 7. The van der Waals surface area contributed by atoms with Crippen LogP contribution in [0.15, 0.2) is 18.2 Å². The summed E-state index contributed by atoms with van der Waals surface area (Å²) in [6.45, 7) is 0.243. The van der Waals surface area contributed by atoms with Crippen molar-refractivity contribution in [2.75, 3.05) is 26.9 Å². The lowest BCUT2D eigenvalue weighted by Gasteiger charge is -2.26. The highest BCUT2D eigenvalue weighted by Gasteiger charge is 2.30. The first-order valence-electron chi connectivity index (χ1n) is 7.18. The maximum atomic E-state index is 12.7.